The Bertz CT molecular complexity index is 804. The van der Waals surface area contributed by atoms with Crippen LogP contribution >= 0.6 is 0 Å². The number of rotatable bonds is 4. The molecule has 3 rings (SSSR count). The second-order valence-electron chi connectivity index (χ2n) is 6.26. The molecule has 6 nitrogen and oxygen atoms in total. The predicted octanol–water partition coefficient (Wildman–Crippen LogP) is 2.41. The van der Waals surface area contributed by atoms with Crippen molar-refractivity contribution in [1.82, 2.24) is 15.1 Å². The first kappa shape index (κ1) is 21.2. The van der Waals surface area contributed by atoms with Gasteiger partial charge in [-0.3, -0.25) is 14.4 Å². The van der Waals surface area contributed by atoms with Crippen molar-refractivity contribution in [3.63, 3.8) is 0 Å². The van der Waals surface area contributed by atoms with E-state index in [1.165, 1.54) is 4.90 Å². The van der Waals surface area contributed by atoms with Gasteiger partial charge in [-0.05, 0) is 23.3 Å². The van der Waals surface area contributed by atoms with Crippen LogP contribution in [0.3, 0.4) is 0 Å². The number of carbonyl (C=O) groups excluding carboxylic acids is 3. The van der Waals surface area contributed by atoms with Crippen LogP contribution in [0.4, 0.5) is 0 Å². The summed E-state index contributed by atoms with van der Waals surface area (Å²) >= 11 is 0. The van der Waals surface area contributed by atoms with Gasteiger partial charge in [-0.25, -0.2) is 0 Å². The first-order valence-electron chi connectivity index (χ1n) is 9.50. The molecule has 3 amide bonds. The molecule has 0 atom stereocenters. The third kappa shape index (κ3) is 5.42. The van der Waals surface area contributed by atoms with E-state index in [0.29, 0.717) is 18.7 Å². The smallest absolute Gasteiger partial charge is 0.251 e. The van der Waals surface area contributed by atoms with Gasteiger partial charge in [-0.2, -0.15) is 0 Å². The van der Waals surface area contributed by atoms with E-state index in [1.54, 1.807) is 24.1 Å². The Balaban J connectivity index is 0.00000136. The molecule has 6 heteroatoms. The average molecular weight is 381 g/mol. The molecule has 0 unspecified atom stereocenters. The van der Waals surface area contributed by atoms with Crippen LogP contribution in [0.1, 0.15) is 24.2 Å². The van der Waals surface area contributed by atoms with E-state index in [4.69, 9.17) is 0 Å². The molecule has 0 spiro atoms. The van der Waals surface area contributed by atoms with Crippen LogP contribution in [0.2, 0.25) is 0 Å². The number of benzene rings is 2. The fraction of sp³-hybridized carbons (Fsp3) is 0.318. The van der Waals surface area contributed by atoms with Gasteiger partial charge in [-0.15, -0.1) is 0 Å². The average Bonchev–Trinajstić information content (AvgIpc) is 2.76. The van der Waals surface area contributed by atoms with Crippen LogP contribution in [-0.4, -0.2) is 60.7 Å². The highest BCUT2D eigenvalue weighted by molar-refractivity contribution is 5.97. The fourth-order valence-electron chi connectivity index (χ4n) is 2.79. The molecular formula is C22H27N3O3. The Hall–Kier alpha value is -3.15. The summed E-state index contributed by atoms with van der Waals surface area (Å²) in [7, 11) is 1.71. The normalized spacial score (nSPS) is 13.5. The largest absolute Gasteiger partial charge is 0.343 e. The summed E-state index contributed by atoms with van der Waals surface area (Å²) in [6, 6.07) is 17.1. The second-order valence-corrected chi connectivity index (χ2v) is 6.26. The van der Waals surface area contributed by atoms with Crippen molar-refractivity contribution in [2.45, 2.75) is 13.8 Å². The minimum Gasteiger partial charge on any atom is -0.343 e. The summed E-state index contributed by atoms with van der Waals surface area (Å²) in [6.07, 6.45) is 0. The van der Waals surface area contributed by atoms with Crippen LogP contribution in [0.5, 0.6) is 0 Å². The van der Waals surface area contributed by atoms with Gasteiger partial charge in [0.25, 0.3) is 5.91 Å². The number of carbonyl (C=O) groups is 3. The second kappa shape index (κ2) is 10.3. The zero-order valence-electron chi connectivity index (χ0n) is 16.6. The van der Waals surface area contributed by atoms with Crippen LogP contribution in [0.25, 0.3) is 11.1 Å². The highest BCUT2D eigenvalue weighted by Gasteiger charge is 2.24. The van der Waals surface area contributed by atoms with E-state index in [-0.39, 0.29) is 30.8 Å². The molecule has 0 bridgehead atoms. The molecule has 2 aromatic rings. The van der Waals surface area contributed by atoms with Crippen molar-refractivity contribution < 1.29 is 14.4 Å². The molecule has 0 aliphatic carbocycles. The number of hydrogen-bond donors (Lipinski definition) is 1. The van der Waals surface area contributed by atoms with Crippen LogP contribution in [0, 0.1) is 0 Å². The summed E-state index contributed by atoms with van der Waals surface area (Å²) in [5, 5.41) is 2.63. The summed E-state index contributed by atoms with van der Waals surface area (Å²) in [5.41, 5.74) is 2.59. The van der Waals surface area contributed by atoms with Crippen LogP contribution in [0.15, 0.2) is 54.6 Å². The van der Waals surface area contributed by atoms with Gasteiger partial charge >= 0.3 is 0 Å². The Labute approximate surface area is 166 Å². The molecule has 0 radical (unpaired) electrons. The molecule has 2 aromatic carbocycles. The SMILES string of the molecule is CC.CN1CCN(C(=O)CNC(=O)c2ccc(-c3ccccc3)cc2)CC1=O. The van der Waals surface area contributed by atoms with E-state index in [1.807, 2.05) is 56.3 Å². The molecule has 148 valence electrons. The highest BCUT2D eigenvalue weighted by atomic mass is 16.2. The lowest BCUT2D eigenvalue weighted by molar-refractivity contribution is -0.143. The first-order chi connectivity index (χ1) is 13.5. The van der Waals surface area contributed by atoms with Crippen molar-refractivity contribution in [3.05, 3.63) is 60.2 Å². The van der Waals surface area contributed by atoms with E-state index < -0.39 is 0 Å². The Morgan fingerprint density at radius 1 is 0.929 bits per heavy atom. The highest BCUT2D eigenvalue weighted by Crippen LogP contribution is 2.19. The van der Waals surface area contributed by atoms with Crippen molar-refractivity contribution in [2.75, 3.05) is 33.2 Å². The summed E-state index contributed by atoms with van der Waals surface area (Å²) < 4.78 is 0. The molecule has 1 fully saturated rings. The number of amides is 3. The molecule has 1 saturated heterocycles. The lowest BCUT2D eigenvalue weighted by Gasteiger charge is -2.32. The number of likely N-dealkylation sites (N-methyl/N-ethyl adjacent to an activating group) is 1. The number of hydrogen-bond acceptors (Lipinski definition) is 3. The fourth-order valence-corrected chi connectivity index (χ4v) is 2.79. The van der Waals surface area contributed by atoms with Gasteiger partial charge in [-0.1, -0.05) is 56.3 Å². The maximum Gasteiger partial charge on any atom is 0.251 e. The Kier molecular flexibility index (Phi) is 7.75. The minimum atomic E-state index is -0.307. The molecule has 1 N–H and O–H groups in total. The zero-order valence-corrected chi connectivity index (χ0v) is 16.6. The monoisotopic (exact) mass is 381 g/mol. The van der Waals surface area contributed by atoms with Crippen LogP contribution < -0.4 is 5.32 Å². The Morgan fingerprint density at radius 2 is 1.54 bits per heavy atom. The minimum absolute atomic E-state index is 0.0664. The quantitative estimate of drug-likeness (QED) is 0.884. The summed E-state index contributed by atoms with van der Waals surface area (Å²) in [4.78, 5) is 39.1. The topological polar surface area (TPSA) is 69.7 Å². The lowest BCUT2D eigenvalue weighted by Crippen LogP contribution is -2.52. The number of piperazine rings is 1. The molecule has 1 aliphatic rings. The van der Waals surface area contributed by atoms with Crippen molar-refractivity contribution in [1.29, 1.82) is 0 Å². The Morgan fingerprint density at radius 3 is 2.14 bits per heavy atom. The molecular weight excluding hydrogens is 354 g/mol. The molecule has 1 aliphatic heterocycles. The summed E-state index contributed by atoms with van der Waals surface area (Å²) in [6.45, 7) is 4.95. The molecule has 1 heterocycles. The number of nitrogens with one attached hydrogen (secondary N) is 1. The van der Waals surface area contributed by atoms with E-state index in [2.05, 4.69) is 5.32 Å². The van der Waals surface area contributed by atoms with Crippen molar-refractivity contribution in [2.24, 2.45) is 0 Å². The third-order valence-electron chi connectivity index (χ3n) is 4.46. The maximum atomic E-state index is 12.2. The van der Waals surface area contributed by atoms with Crippen molar-refractivity contribution >= 4 is 17.7 Å². The van der Waals surface area contributed by atoms with Gasteiger partial charge in [0.05, 0.1) is 13.1 Å². The zero-order chi connectivity index (χ0) is 20.5. The lowest BCUT2D eigenvalue weighted by atomic mass is 10.0. The standard InChI is InChI=1S/C20H21N3O3.C2H6/c1-22-11-12-23(14-19(22)25)18(24)13-21-20(26)17-9-7-16(8-10-17)15-5-3-2-4-6-15;1-2/h2-10H,11-14H2,1H3,(H,21,26);1-2H3. The molecule has 0 aromatic heterocycles. The van der Waals surface area contributed by atoms with Gasteiger partial charge in [0.2, 0.25) is 11.8 Å². The van der Waals surface area contributed by atoms with Gasteiger partial charge in [0.1, 0.15) is 0 Å². The first-order valence-corrected chi connectivity index (χ1v) is 9.50. The molecule has 28 heavy (non-hydrogen) atoms. The van der Waals surface area contributed by atoms with Gasteiger partial charge in [0.15, 0.2) is 0 Å². The summed E-state index contributed by atoms with van der Waals surface area (Å²) in [5.74, 6) is -0.647. The van der Waals surface area contributed by atoms with Crippen molar-refractivity contribution in [3.8, 4) is 11.1 Å². The van der Waals surface area contributed by atoms with E-state index in [0.717, 1.165) is 11.1 Å². The van der Waals surface area contributed by atoms with E-state index in [9.17, 15) is 14.4 Å². The van der Waals surface area contributed by atoms with E-state index >= 15 is 0 Å². The molecule has 0 saturated carbocycles. The van der Waals surface area contributed by atoms with Gasteiger partial charge in [0, 0.05) is 25.7 Å². The van der Waals surface area contributed by atoms with Crippen LogP contribution in [-0.2, 0) is 9.59 Å². The number of nitrogens with zero attached hydrogens (tertiary/aromatic N) is 2. The maximum absolute atomic E-state index is 12.2. The third-order valence-corrected chi connectivity index (χ3v) is 4.46. The van der Waals surface area contributed by atoms with Gasteiger partial charge < -0.3 is 15.1 Å². The predicted molar refractivity (Wildman–Crippen MR) is 110 cm³/mol.